The van der Waals surface area contributed by atoms with Gasteiger partial charge in [0.05, 0.1) is 16.7 Å². The van der Waals surface area contributed by atoms with Crippen LogP contribution in [0.2, 0.25) is 0 Å². The summed E-state index contributed by atoms with van der Waals surface area (Å²) >= 11 is 0. The van der Waals surface area contributed by atoms with Crippen molar-refractivity contribution >= 4 is 33.2 Å². The molecule has 0 aliphatic heterocycles. The number of pyridine rings is 2. The van der Waals surface area contributed by atoms with Crippen molar-refractivity contribution in [3.63, 3.8) is 0 Å². The molecule has 210 valence electrons. The van der Waals surface area contributed by atoms with Crippen LogP contribution in [-0.4, -0.2) is 53.0 Å². The number of nitrogens with zero attached hydrogens (tertiary/aromatic N) is 4. The fourth-order valence-electron chi connectivity index (χ4n) is 6.70. The molecule has 2 aliphatic carbocycles. The number of benzene rings is 2. The highest BCUT2D eigenvalue weighted by atomic mass is 16.5. The first-order chi connectivity index (χ1) is 19.7. The van der Waals surface area contributed by atoms with Crippen molar-refractivity contribution in [1.29, 1.82) is 0 Å². The van der Waals surface area contributed by atoms with Crippen molar-refractivity contribution in [2.45, 2.75) is 71.1 Å². The summed E-state index contributed by atoms with van der Waals surface area (Å²) in [6, 6.07) is 17.3. The Kier molecular flexibility index (Phi) is 8.45. The molecule has 2 aromatic carbocycles. The summed E-state index contributed by atoms with van der Waals surface area (Å²) in [7, 11) is 0. The van der Waals surface area contributed by atoms with Crippen LogP contribution in [0, 0.1) is 0 Å². The second-order valence-electron chi connectivity index (χ2n) is 11.4. The molecule has 0 bridgehead atoms. The molecule has 0 radical (unpaired) electrons. The Labute approximate surface area is 238 Å². The van der Waals surface area contributed by atoms with Crippen LogP contribution >= 0.6 is 0 Å². The fraction of sp³-hybridized carbons (Fsp3) is 0.471. The SMILES string of the molecule is CCN(O)CCCN(CCCNc1c2c(nc3ccccc13)CCCC2)c1c2c(nc3ccccc13)CCCC2. The van der Waals surface area contributed by atoms with Gasteiger partial charge in [-0.1, -0.05) is 43.3 Å². The largest absolute Gasteiger partial charge is 0.384 e. The van der Waals surface area contributed by atoms with E-state index in [1.807, 2.05) is 6.92 Å². The molecule has 40 heavy (non-hydrogen) atoms. The number of anilines is 2. The van der Waals surface area contributed by atoms with Gasteiger partial charge in [-0.25, -0.2) is 0 Å². The second-order valence-corrected chi connectivity index (χ2v) is 11.4. The van der Waals surface area contributed by atoms with E-state index in [1.165, 1.54) is 75.4 Å². The van der Waals surface area contributed by atoms with Crippen LogP contribution in [0.15, 0.2) is 48.5 Å². The quantitative estimate of drug-likeness (QED) is 0.159. The van der Waals surface area contributed by atoms with Gasteiger partial charge in [0.15, 0.2) is 0 Å². The van der Waals surface area contributed by atoms with Crippen LogP contribution in [0.1, 0.15) is 68.0 Å². The van der Waals surface area contributed by atoms with E-state index >= 15 is 0 Å². The third kappa shape index (κ3) is 5.65. The number of para-hydroxylation sites is 2. The summed E-state index contributed by atoms with van der Waals surface area (Å²) in [6.45, 7) is 6.15. The van der Waals surface area contributed by atoms with E-state index in [2.05, 4.69) is 58.7 Å². The highest BCUT2D eigenvalue weighted by molar-refractivity contribution is 5.95. The van der Waals surface area contributed by atoms with Crippen LogP contribution in [-0.2, 0) is 25.7 Å². The molecule has 0 fully saturated rings. The minimum Gasteiger partial charge on any atom is -0.384 e. The van der Waals surface area contributed by atoms with E-state index in [-0.39, 0.29) is 0 Å². The average molecular weight is 538 g/mol. The van der Waals surface area contributed by atoms with Gasteiger partial charge in [-0.2, -0.15) is 5.06 Å². The minimum absolute atomic E-state index is 0.654. The lowest BCUT2D eigenvalue weighted by molar-refractivity contribution is -0.0861. The zero-order valence-electron chi connectivity index (χ0n) is 24.0. The first-order valence-electron chi connectivity index (χ1n) is 15.5. The van der Waals surface area contributed by atoms with Crippen molar-refractivity contribution in [3.8, 4) is 0 Å². The highest BCUT2D eigenvalue weighted by Crippen LogP contribution is 2.37. The van der Waals surface area contributed by atoms with Gasteiger partial charge in [0, 0.05) is 60.6 Å². The number of hydroxylamine groups is 2. The lowest BCUT2D eigenvalue weighted by atomic mass is 9.92. The number of hydrogen-bond donors (Lipinski definition) is 2. The molecule has 2 heterocycles. The molecule has 6 nitrogen and oxygen atoms in total. The Hall–Kier alpha value is -3.22. The normalized spacial score (nSPS) is 14.9. The zero-order valence-corrected chi connectivity index (χ0v) is 24.0. The smallest absolute Gasteiger partial charge is 0.0726 e. The van der Waals surface area contributed by atoms with Gasteiger partial charge in [0.2, 0.25) is 0 Å². The predicted octanol–water partition coefficient (Wildman–Crippen LogP) is 6.95. The van der Waals surface area contributed by atoms with Crippen LogP contribution in [0.4, 0.5) is 11.4 Å². The van der Waals surface area contributed by atoms with Gasteiger partial charge in [0.25, 0.3) is 0 Å². The van der Waals surface area contributed by atoms with Gasteiger partial charge >= 0.3 is 0 Å². The topological polar surface area (TPSA) is 64.5 Å². The van der Waals surface area contributed by atoms with Crippen molar-refractivity contribution in [1.82, 2.24) is 15.0 Å². The molecule has 2 aliphatic rings. The maximum atomic E-state index is 10.1. The molecule has 0 amide bonds. The van der Waals surface area contributed by atoms with Gasteiger partial charge in [-0.05, 0) is 87.5 Å². The second kappa shape index (κ2) is 12.5. The number of aryl methyl sites for hydroxylation is 2. The molecule has 4 aromatic rings. The minimum atomic E-state index is 0.654. The molecule has 6 heteroatoms. The van der Waals surface area contributed by atoms with Crippen molar-refractivity contribution in [3.05, 3.63) is 71.0 Å². The molecular formula is C34H43N5O. The van der Waals surface area contributed by atoms with Crippen LogP contribution in [0.5, 0.6) is 0 Å². The molecular weight excluding hydrogens is 494 g/mol. The summed E-state index contributed by atoms with van der Waals surface area (Å²) in [5.41, 5.74) is 10.3. The molecule has 0 saturated carbocycles. The van der Waals surface area contributed by atoms with E-state index in [0.717, 1.165) is 69.2 Å². The number of fused-ring (bicyclic) bond motifs is 4. The summed E-state index contributed by atoms with van der Waals surface area (Å²) in [4.78, 5) is 12.7. The highest BCUT2D eigenvalue weighted by Gasteiger charge is 2.23. The fourth-order valence-corrected chi connectivity index (χ4v) is 6.70. The monoisotopic (exact) mass is 537 g/mol. The Balaban J connectivity index is 1.26. The number of nitrogens with one attached hydrogen (secondary N) is 1. The third-order valence-corrected chi connectivity index (χ3v) is 8.74. The average Bonchev–Trinajstić information content (AvgIpc) is 3.00. The van der Waals surface area contributed by atoms with Crippen LogP contribution in [0.3, 0.4) is 0 Å². The van der Waals surface area contributed by atoms with Crippen molar-refractivity contribution in [2.75, 3.05) is 42.9 Å². The van der Waals surface area contributed by atoms with Crippen LogP contribution in [0.25, 0.3) is 21.8 Å². The maximum absolute atomic E-state index is 10.1. The van der Waals surface area contributed by atoms with E-state index in [9.17, 15) is 5.21 Å². The molecule has 2 N–H and O–H groups in total. The summed E-state index contributed by atoms with van der Waals surface area (Å²) in [5, 5.41) is 17.9. The lowest BCUT2D eigenvalue weighted by Crippen LogP contribution is -2.32. The summed E-state index contributed by atoms with van der Waals surface area (Å²) < 4.78 is 0. The number of hydrogen-bond acceptors (Lipinski definition) is 6. The summed E-state index contributed by atoms with van der Waals surface area (Å²) in [6.07, 6.45) is 11.3. The standard InChI is InChI=1S/C34H43N5O/c1-2-39(40)24-12-23-38(34-27-15-5-9-19-31(27)37-32-20-10-6-16-28(32)34)22-11-21-35-33-25-13-3-7-17-29(25)36-30-18-8-4-14-26(30)33/h3,5,7,9,13,15,17,19,40H,2,4,6,8,10-12,14,16,18,20-24H2,1H3,(H,35,36). The zero-order chi connectivity index (χ0) is 27.3. The molecule has 6 rings (SSSR count). The Bertz CT molecular complexity index is 1470. The predicted molar refractivity (Wildman–Crippen MR) is 166 cm³/mol. The Morgan fingerprint density at radius 2 is 1.32 bits per heavy atom. The van der Waals surface area contributed by atoms with E-state index < -0.39 is 0 Å². The van der Waals surface area contributed by atoms with Gasteiger partial charge in [-0.15, -0.1) is 0 Å². The first kappa shape index (κ1) is 27.0. The van der Waals surface area contributed by atoms with Crippen molar-refractivity contribution in [2.24, 2.45) is 0 Å². The molecule has 0 unspecified atom stereocenters. The molecule has 0 saturated heterocycles. The van der Waals surface area contributed by atoms with E-state index in [1.54, 1.807) is 0 Å². The number of rotatable bonds is 11. The van der Waals surface area contributed by atoms with Gasteiger partial charge in [-0.3, -0.25) is 9.97 Å². The molecule has 2 aromatic heterocycles. The Morgan fingerprint density at radius 1 is 0.725 bits per heavy atom. The molecule has 0 atom stereocenters. The van der Waals surface area contributed by atoms with Crippen molar-refractivity contribution < 1.29 is 5.21 Å². The van der Waals surface area contributed by atoms with E-state index in [0.29, 0.717) is 13.1 Å². The maximum Gasteiger partial charge on any atom is 0.0726 e. The number of aromatic nitrogens is 2. The first-order valence-corrected chi connectivity index (χ1v) is 15.5. The summed E-state index contributed by atoms with van der Waals surface area (Å²) in [5.74, 6) is 0. The van der Waals surface area contributed by atoms with E-state index in [4.69, 9.17) is 9.97 Å². The lowest BCUT2D eigenvalue weighted by Gasteiger charge is -2.32. The van der Waals surface area contributed by atoms with Gasteiger partial charge in [0.1, 0.15) is 0 Å². The third-order valence-electron chi connectivity index (χ3n) is 8.74. The Morgan fingerprint density at radius 3 is 2.08 bits per heavy atom. The van der Waals surface area contributed by atoms with Gasteiger partial charge < -0.3 is 15.4 Å². The van der Waals surface area contributed by atoms with Crippen LogP contribution < -0.4 is 10.2 Å². The molecule has 0 spiro atoms.